The minimum atomic E-state index is 0.248. The van der Waals surface area contributed by atoms with Gasteiger partial charge in [0, 0.05) is 32.2 Å². The van der Waals surface area contributed by atoms with Crippen molar-refractivity contribution in [3.05, 3.63) is 0 Å². The van der Waals surface area contributed by atoms with E-state index in [2.05, 4.69) is 11.8 Å². The van der Waals surface area contributed by atoms with E-state index in [0.717, 1.165) is 32.6 Å². The third-order valence-corrected chi connectivity index (χ3v) is 3.34. The third-order valence-electron chi connectivity index (χ3n) is 3.34. The monoisotopic (exact) mass is 211 g/mol. The van der Waals surface area contributed by atoms with Crippen LogP contribution in [-0.4, -0.2) is 54.5 Å². The molecule has 2 aliphatic rings. The molecule has 0 radical (unpaired) electrons. The number of hydrogen-bond donors (Lipinski definition) is 1. The maximum absolute atomic E-state index is 11.8. The molecule has 0 aliphatic carbocycles. The van der Waals surface area contributed by atoms with Gasteiger partial charge in [-0.25, -0.2) is 0 Å². The van der Waals surface area contributed by atoms with Crippen LogP contribution in [0.2, 0.25) is 0 Å². The zero-order valence-electron chi connectivity index (χ0n) is 9.48. The molecule has 4 nitrogen and oxygen atoms in total. The Bertz CT molecular complexity index is 230. The average molecular weight is 211 g/mol. The fourth-order valence-corrected chi connectivity index (χ4v) is 2.50. The lowest BCUT2D eigenvalue weighted by molar-refractivity contribution is -0.136. The Kier molecular flexibility index (Phi) is 3.26. The molecule has 2 aliphatic heterocycles. The molecule has 2 unspecified atom stereocenters. The van der Waals surface area contributed by atoms with Crippen molar-refractivity contribution in [3.8, 4) is 0 Å². The minimum Gasteiger partial charge on any atom is -0.341 e. The number of hydrogen-bond acceptors (Lipinski definition) is 3. The smallest absolute Gasteiger partial charge is 0.236 e. The molecular weight excluding hydrogens is 190 g/mol. The molecule has 2 rings (SSSR count). The van der Waals surface area contributed by atoms with Crippen LogP contribution in [0.15, 0.2) is 0 Å². The first-order valence-corrected chi connectivity index (χ1v) is 5.91. The summed E-state index contributed by atoms with van der Waals surface area (Å²) in [6.07, 6.45) is 2.26. The normalized spacial score (nSPS) is 32.5. The first-order chi connectivity index (χ1) is 7.15. The molecule has 2 fully saturated rings. The van der Waals surface area contributed by atoms with E-state index in [0.29, 0.717) is 12.5 Å². The predicted octanol–water partition coefficient (Wildman–Crippen LogP) is -0.112. The zero-order chi connectivity index (χ0) is 10.8. The van der Waals surface area contributed by atoms with Gasteiger partial charge < -0.3 is 10.6 Å². The van der Waals surface area contributed by atoms with Crippen LogP contribution >= 0.6 is 0 Å². The molecule has 2 N–H and O–H groups in total. The summed E-state index contributed by atoms with van der Waals surface area (Å²) in [7, 11) is 0. The summed E-state index contributed by atoms with van der Waals surface area (Å²) in [5.74, 6) is 0.903. The highest BCUT2D eigenvalue weighted by Gasteiger charge is 2.26. The average Bonchev–Trinajstić information content (AvgIpc) is 1.96. The number of rotatable bonds is 2. The number of carbonyl (C=O) groups is 1. The second kappa shape index (κ2) is 4.49. The highest BCUT2D eigenvalue weighted by atomic mass is 16.2. The van der Waals surface area contributed by atoms with Crippen LogP contribution in [0.1, 0.15) is 19.8 Å². The Hall–Kier alpha value is -0.610. The maximum atomic E-state index is 11.8. The molecule has 0 spiro atoms. The summed E-state index contributed by atoms with van der Waals surface area (Å²) >= 11 is 0. The quantitative estimate of drug-likeness (QED) is 0.693. The number of nitrogens with two attached hydrogens (primary N) is 1. The van der Waals surface area contributed by atoms with Gasteiger partial charge in [-0.15, -0.1) is 0 Å². The SMILES string of the molecule is CC1CC(N)CN(CC(=O)N2CCC2)C1. The summed E-state index contributed by atoms with van der Waals surface area (Å²) in [6.45, 7) is 6.58. The maximum Gasteiger partial charge on any atom is 0.236 e. The van der Waals surface area contributed by atoms with Crippen molar-refractivity contribution in [2.45, 2.75) is 25.8 Å². The van der Waals surface area contributed by atoms with Gasteiger partial charge in [-0.2, -0.15) is 0 Å². The highest BCUT2D eigenvalue weighted by Crippen LogP contribution is 2.15. The first-order valence-electron chi connectivity index (χ1n) is 5.91. The van der Waals surface area contributed by atoms with Crippen molar-refractivity contribution in [3.63, 3.8) is 0 Å². The molecule has 2 atom stereocenters. The van der Waals surface area contributed by atoms with Gasteiger partial charge in [0.1, 0.15) is 0 Å². The van der Waals surface area contributed by atoms with Gasteiger partial charge in [0.2, 0.25) is 5.91 Å². The summed E-state index contributed by atoms with van der Waals surface area (Å²) in [4.78, 5) is 15.9. The van der Waals surface area contributed by atoms with Crippen molar-refractivity contribution in [1.82, 2.24) is 9.80 Å². The largest absolute Gasteiger partial charge is 0.341 e. The Morgan fingerprint density at radius 2 is 2.13 bits per heavy atom. The fraction of sp³-hybridized carbons (Fsp3) is 0.909. The summed E-state index contributed by atoms with van der Waals surface area (Å²) < 4.78 is 0. The van der Waals surface area contributed by atoms with E-state index in [1.165, 1.54) is 6.42 Å². The van der Waals surface area contributed by atoms with Crippen LogP contribution in [0.25, 0.3) is 0 Å². The van der Waals surface area contributed by atoms with E-state index in [9.17, 15) is 4.79 Å². The second-order valence-electron chi connectivity index (χ2n) is 5.03. The van der Waals surface area contributed by atoms with Gasteiger partial charge in [0.05, 0.1) is 6.54 Å². The number of piperidine rings is 1. The summed E-state index contributed by atoms with van der Waals surface area (Å²) in [6, 6.07) is 0.248. The third kappa shape index (κ3) is 2.69. The van der Waals surface area contributed by atoms with E-state index >= 15 is 0 Å². The Balaban J connectivity index is 1.80. The molecule has 2 saturated heterocycles. The van der Waals surface area contributed by atoms with Crippen LogP contribution in [0, 0.1) is 5.92 Å². The van der Waals surface area contributed by atoms with Crippen LogP contribution in [-0.2, 0) is 4.79 Å². The standard InChI is InChI=1S/C11H21N3O/c1-9-5-10(12)7-13(6-9)8-11(15)14-3-2-4-14/h9-10H,2-8,12H2,1H3. The molecule has 0 bridgehead atoms. The van der Waals surface area contributed by atoms with E-state index in [1.807, 2.05) is 4.90 Å². The van der Waals surface area contributed by atoms with E-state index in [4.69, 9.17) is 5.73 Å². The molecule has 2 heterocycles. The number of amides is 1. The molecule has 0 aromatic rings. The molecule has 0 saturated carbocycles. The number of nitrogens with zero attached hydrogens (tertiary/aromatic N) is 2. The van der Waals surface area contributed by atoms with Gasteiger partial charge in [-0.05, 0) is 18.8 Å². The lowest BCUT2D eigenvalue weighted by Crippen LogP contribution is -2.52. The Labute approximate surface area is 91.4 Å². The zero-order valence-corrected chi connectivity index (χ0v) is 9.48. The highest BCUT2D eigenvalue weighted by molar-refractivity contribution is 5.78. The van der Waals surface area contributed by atoms with E-state index in [1.54, 1.807) is 0 Å². The van der Waals surface area contributed by atoms with Crippen LogP contribution in [0.4, 0.5) is 0 Å². The van der Waals surface area contributed by atoms with Crippen molar-refractivity contribution in [1.29, 1.82) is 0 Å². The van der Waals surface area contributed by atoms with Gasteiger partial charge in [0.15, 0.2) is 0 Å². The molecule has 86 valence electrons. The summed E-state index contributed by atoms with van der Waals surface area (Å²) in [5.41, 5.74) is 5.95. The number of carbonyl (C=O) groups excluding carboxylic acids is 1. The van der Waals surface area contributed by atoms with Crippen molar-refractivity contribution < 1.29 is 4.79 Å². The van der Waals surface area contributed by atoms with Crippen molar-refractivity contribution in [2.24, 2.45) is 11.7 Å². The van der Waals surface area contributed by atoms with E-state index in [-0.39, 0.29) is 11.9 Å². The number of likely N-dealkylation sites (tertiary alicyclic amines) is 2. The van der Waals surface area contributed by atoms with Crippen molar-refractivity contribution in [2.75, 3.05) is 32.7 Å². The Morgan fingerprint density at radius 1 is 1.40 bits per heavy atom. The van der Waals surface area contributed by atoms with Gasteiger partial charge in [-0.3, -0.25) is 9.69 Å². The molecular formula is C11H21N3O. The molecule has 0 aromatic heterocycles. The van der Waals surface area contributed by atoms with Gasteiger partial charge >= 0.3 is 0 Å². The predicted molar refractivity (Wildman–Crippen MR) is 59.4 cm³/mol. The fourth-order valence-electron chi connectivity index (χ4n) is 2.50. The van der Waals surface area contributed by atoms with Gasteiger partial charge in [-0.1, -0.05) is 6.92 Å². The van der Waals surface area contributed by atoms with Crippen LogP contribution < -0.4 is 5.73 Å². The topological polar surface area (TPSA) is 49.6 Å². The Morgan fingerprint density at radius 3 is 2.67 bits per heavy atom. The van der Waals surface area contributed by atoms with Crippen molar-refractivity contribution >= 4 is 5.91 Å². The second-order valence-corrected chi connectivity index (χ2v) is 5.03. The van der Waals surface area contributed by atoms with Crippen LogP contribution in [0.3, 0.4) is 0 Å². The molecule has 1 amide bonds. The minimum absolute atomic E-state index is 0.248. The molecule has 0 aromatic carbocycles. The van der Waals surface area contributed by atoms with Gasteiger partial charge in [0.25, 0.3) is 0 Å². The summed E-state index contributed by atoms with van der Waals surface area (Å²) in [5, 5.41) is 0. The lowest BCUT2D eigenvalue weighted by Gasteiger charge is -2.37. The van der Waals surface area contributed by atoms with E-state index < -0.39 is 0 Å². The molecule has 15 heavy (non-hydrogen) atoms. The first kappa shape index (κ1) is 10.9. The molecule has 4 heteroatoms. The lowest BCUT2D eigenvalue weighted by atomic mass is 9.96. The van der Waals surface area contributed by atoms with Crippen LogP contribution in [0.5, 0.6) is 0 Å².